The van der Waals surface area contributed by atoms with Gasteiger partial charge in [-0.3, -0.25) is 14.3 Å². The van der Waals surface area contributed by atoms with Crippen LogP contribution < -0.4 is 10.6 Å². The van der Waals surface area contributed by atoms with Crippen molar-refractivity contribution in [3.8, 4) is 0 Å². The third-order valence-electron chi connectivity index (χ3n) is 4.12. The van der Waals surface area contributed by atoms with E-state index in [4.69, 9.17) is 0 Å². The van der Waals surface area contributed by atoms with Gasteiger partial charge in [0.05, 0.1) is 0 Å². The van der Waals surface area contributed by atoms with Crippen molar-refractivity contribution in [2.45, 2.75) is 19.9 Å². The van der Waals surface area contributed by atoms with Gasteiger partial charge in [0.2, 0.25) is 5.91 Å². The van der Waals surface area contributed by atoms with Crippen molar-refractivity contribution in [1.29, 1.82) is 0 Å². The van der Waals surface area contributed by atoms with Crippen molar-refractivity contribution in [2.24, 2.45) is 0 Å². The van der Waals surface area contributed by atoms with E-state index < -0.39 is 17.8 Å². The largest absolute Gasteiger partial charge is 0.324 e. The Balaban J connectivity index is 1.69. The summed E-state index contributed by atoms with van der Waals surface area (Å²) >= 11 is 0. The lowest BCUT2D eigenvalue weighted by Crippen LogP contribution is -2.24. The quantitative estimate of drug-likeness (QED) is 0.721. The lowest BCUT2D eigenvalue weighted by atomic mass is 10.1. The first-order valence-corrected chi connectivity index (χ1v) is 8.41. The Morgan fingerprint density at radius 3 is 2.48 bits per heavy atom. The van der Waals surface area contributed by atoms with Gasteiger partial charge in [-0.15, -0.1) is 0 Å². The van der Waals surface area contributed by atoms with Crippen molar-refractivity contribution < 1.29 is 14.0 Å². The fourth-order valence-corrected chi connectivity index (χ4v) is 2.49. The van der Waals surface area contributed by atoms with Gasteiger partial charge in [-0.2, -0.15) is 5.10 Å². The molecular weight excluding hydrogens is 347 g/mol. The van der Waals surface area contributed by atoms with E-state index in [-0.39, 0.29) is 11.5 Å². The predicted molar refractivity (Wildman–Crippen MR) is 101 cm³/mol. The molecule has 138 valence electrons. The molecule has 2 N–H and O–H groups in total. The number of anilines is 2. The number of hydrogen-bond donors (Lipinski definition) is 2. The summed E-state index contributed by atoms with van der Waals surface area (Å²) in [6.07, 6.45) is 3.31. The molecule has 27 heavy (non-hydrogen) atoms. The maximum absolute atomic E-state index is 13.6. The second-order valence-corrected chi connectivity index (χ2v) is 6.15. The highest BCUT2D eigenvalue weighted by molar-refractivity contribution is 6.04. The van der Waals surface area contributed by atoms with Gasteiger partial charge in [-0.1, -0.05) is 12.1 Å². The highest BCUT2D eigenvalue weighted by Crippen LogP contribution is 2.18. The van der Waals surface area contributed by atoms with E-state index in [1.165, 1.54) is 6.07 Å². The predicted octanol–water partition coefficient (Wildman–Crippen LogP) is 3.78. The minimum absolute atomic E-state index is 0.222. The van der Waals surface area contributed by atoms with Crippen LogP contribution in [0.15, 0.2) is 60.9 Å². The number of aryl methyl sites for hydroxylation is 1. The van der Waals surface area contributed by atoms with Crippen LogP contribution in [-0.4, -0.2) is 21.6 Å². The van der Waals surface area contributed by atoms with Crippen molar-refractivity contribution in [3.05, 3.63) is 77.9 Å². The molecule has 1 atom stereocenters. The molecule has 6 nitrogen and oxygen atoms in total. The van der Waals surface area contributed by atoms with E-state index in [0.29, 0.717) is 16.9 Å². The molecule has 0 bridgehead atoms. The van der Waals surface area contributed by atoms with Crippen molar-refractivity contribution in [1.82, 2.24) is 9.78 Å². The fourth-order valence-electron chi connectivity index (χ4n) is 2.49. The number of halogens is 1. The standard InChI is InChI=1S/C20H19FN4O2/c1-13-7-8-15(11-18(13)21)20(27)24-17-6-3-5-16(12-17)23-19(26)14(2)25-10-4-9-22-25/h3-12,14H,1-2H3,(H,23,26)(H,24,27)/t14-/m1/s1. The molecular formula is C20H19FN4O2. The summed E-state index contributed by atoms with van der Waals surface area (Å²) in [6, 6.07) is 12.3. The summed E-state index contributed by atoms with van der Waals surface area (Å²) in [5.74, 6) is -1.10. The maximum Gasteiger partial charge on any atom is 0.255 e. The Labute approximate surface area is 156 Å². The van der Waals surface area contributed by atoms with E-state index in [2.05, 4.69) is 15.7 Å². The lowest BCUT2D eigenvalue weighted by molar-refractivity contribution is -0.119. The molecule has 0 saturated heterocycles. The first kappa shape index (κ1) is 18.3. The topological polar surface area (TPSA) is 76.0 Å². The molecule has 0 radical (unpaired) electrons. The van der Waals surface area contributed by atoms with Gasteiger partial charge >= 0.3 is 0 Å². The van der Waals surface area contributed by atoms with Gasteiger partial charge in [0, 0.05) is 29.3 Å². The number of hydrogen-bond acceptors (Lipinski definition) is 3. The van der Waals surface area contributed by atoms with E-state index in [0.717, 1.165) is 0 Å². The molecule has 3 aromatic rings. The number of carbonyl (C=O) groups excluding carboxylic acids is 2. The Morgan fingerprint density at radius 1 is 1.07 bits per heavy atom. The summed E-state index contributed by atoms with van der Waals surface area (Å²) in [5, 5.41) is 9.54. The molecule has 3 rings (SSSR count). The second kappa shape index (κ2) is 7.82. The minimum Gasteiger partial charge on any atom is -0.324 e. The molecule has 1 aromatic heterocycles. The van der Waals surface area contributed by atoms with Crippen molar-refractivity contribution in [3.63, 3.8) is 0 Å². The third kappa shape index (κ3) is 4.38. The second-order valence-electron chi connectivity index (χ2n) is 6.15. The van der Waals surface area contributed by atoms with Crippen LogP contribution in [0.4, 0.5) is 15.8 Å². The van der Waals surface area contributed by atoms with Gasteiger partial charge in [-0.05, 0) is 55.8 Å². The number of carbonyl (C=O) groups is 2. The zero-order valence-electron chi connectivity index (χ0n) is 14.9. The highest BCUT2D eigenvalue weighted by Gasteiger charge is 2.15. The number of nitrogens with one attached hydrogen (secondary N) is 2. The number of amides is 2. The fraction of sp³-hybridized carbons (Fsp3) is 0.150. The third-order valence-corrected chi connectivity index (χ3v) is 4.12. The van der Waals surface area contributed by atoms with Crippen LogP contribution in [0.2, 0.25) is 0 Å². The normalized spacial score (nSPS) is 11.7. The van der Waals surface area contributed by atoms with Crippen LogP contribution in [0.5, 0.6) is 0 Å². The van der Waals surface area contributed by atoms with Gasteiger partial charge in [-0.25, -0.2) is 4.39 Å². The molecule has 0 saturated carbocycles. The molecule has 2 amide bonds. The molecule has 0 fully saturated rings. The van der Waals surface area contributed by atoms with Crippen LogP contribution in [-0.2, 0) is 4.79 Å². The monoisotopic (exact) mass is 366 g/mol. The zero-order valence-corrected chi connectivity index (χ0v) is 14.9. The Kier molecular flexibility index (Phi) is 5.30. The van der Waals surface area contributed by atoms with Gasteiger partial charge < -0.3 is 10.6 Å². The zero-order chi connectivity index (χ0) is 19.4. The van der Waals surface area contributed by atoms with Crippen molar-refractivity contribution in [2.75, 3.05) is 10.6 Å². The Hall–Kier alpha value is -3.48. The van der Waals surface area contributed by atoms with Crippen LogP contribution >= 0.6 is 0 Å². The lowest BCUT2D eigenvalue weighted by Gasteiger charge is -2.13. The minimum atomic E-state index is -0.478. The number of benzene rings is 2. The van der Waals surface area contributed by atoms with Crippen molar-refractivity contribution >= 4 is 23.2 Å². The van der Waals surface area contributed by atoms with Gasteiger partial charge in [0.15, 0.2) is 0 Å². The van der Waals surface area contributed by atoms with Crippen LogP contribution in [0.1, 0.15) is 28.9 Å². The number of rotatable bonds is 5. The highest BCUT2D eigenvalue weighted by atomic mass is 19.1. The van der Waals surface area contributed by atoms with Gasteiger partial charge in [0.25, 0.3) is 5.91 Å². The van der Waals surface area contributed by atoms with Crippen LogP contribution in [0.25, 0.3) is 0 Å². The summed E-state index contributed by atoms with van der Waals surface area (Å²) in [4.78, 5) is 24.6. The first-order chi connectivity index (χ1) is 12.9. The van der Waals surface area contributed by atoms with E-state index >= 15 is 0 Å². The molecule has 2 aromatic carbocycles. The average Bonchev–Trinajstić information content (AvgIpc) is 3.18. The summed E-state index contributed by atoms with van der Waals surface area (Å²) in [6.45, 7) is 3.37. The SMILES string of the molecule is Cc1ccc(C(=O)Nc2cccc(NC(=O)[C@@H](C)n3cccn3)c2)cc1F. The summed E-state index contributed by atoms with van der Waals surface area (Å²) in [7, 11) is 0. The summed E-state index contributed by atoms with van der Waals surface area (Å²) in [5.41, 5.74) is 1.72. The smallest absolute Gasteiger partial charge is 0.255 e. The summed E-state index contributed by atoms with van der Waals surface area (Å²) < 4.78 is 15.2. The molecule has 0 unspecified atom stereocenters. The molecule has 1 heterocycles. The Morgan fingerprint density at radius 2 is 1.81 bits per heavy atom. The van der Waals surface area contributed by atoms with E-state index in [1.54, 1.807) is 73.4 Å². The van der Waals surface area contributed by atoms with Crippen LogP contribution in [0, 0.1) is 12.7 Å². The number of aromatic nitrogens is 2. The molecule has 0 aliphatic heterocycles. The van der Waals surface area contributed by atoms with E-state index in [9.17, 15) is 14.0 Å². The number of nitrogens with zero attached hydrogens (tertiary/aromatic N) is 2. The maximum atomic E-state index is 13.6. The Bertz CT molecular complexity index is 970. The van der Waals surface area contributed by atoms with Crippen LogP contribution in [0.3, 0.4) is 0 Å². The molecule has 0 aliphatic rings. The molecule has 0 aliphatic carbocycles. The molecule has 7 heteroatoms. The first-order valence-electron chi connectivity index (χ1n) is 8.41. The van der Waals surface area contributed by atoms with E-state index in [1.807, 2.05) is 0 Å². The average molecular weight is 366 g/mol. The van der Waals surface area contributed by atoms with Gasteiger partial charge in [0.1, 0.15) is 11.9 Å². The molecule has 0 spiro atoms.